The third-order valence-electron chi connectivity index (χ3n) is 12.0. The lowest BCUT2D eigenvalue weighted by Crippen LogP contribution is -2.64. The summed E-state index contributed by atoms with van der Waals surface area (Å²) in [6, 6.07) is 0. The van der Waals surface area contributed by atoms with Crippen LogP contribution in [0.3, 0.4) is 0 Å². The summed E-state index contributed by atoms with van der Waals surface area (Å²) in [5.41, 5.74) is 0. The molecule has 0 bridgehead atoms. The van der Waals surface area contributed by atoms with Crippen LogP contribution in [0.4, 0.5) is 0 Å². The van der Waals surface area contributed by atoms with Gasteiger partial charge < -0.3 is 39.9 Å². The molecule has 1 fully saturated rings. The summed E-state index contributed by atoms with van der Waals surface area (Å²) in [5, 5.41) is 50.3. The van der Waals surface area contributed by atoms with Crippen molar-refractivity contribution in [2.75, 3.05) is 13.2 Å². The van der Waals surface area contributed by atoms with Crippen molar-refractivity contribution in [3.05, 3.63) is 36.5 Å². The number of phosphoric ester groups is 1. The monoisotopic (exact) mass is 945 g/mol. The fraction of sp³-hybridized carbons (Fsp3) is 0.843. The van der Waals surface area contributed by atoms with Gasteiger partial charge in [0.2, 0.25) is 0 Å². The molecule has 0 saturated heterocycles. The summed E-state index contributed by atoms with van der Waals surface area (Å²) in [5.74, 6) is -1.11. The summed E-state index contributed by atoms with van der Waals surface area (Å²) < 4.78 is 33.6. The SMILES string of the molecule is CCCCC/C=C\C/C=C\CCCCCCCCCC(=O)OC[C@H](COP(=O)(O)OC1C(O)C(O)C(O)[C@@H](O)C1O)OC(=O)CCCCCCCCC/C=C\CCCCCCCCCC. The Bertz CT molecular complexity index is 1280. The average molecular weight is 945 g/mol. The maximum absolute atomic E-state index is 12.8. The molecule has 8 atom stereocenters. The first-order valence-corrected chi connectivity index (χ1v) is 27.3. The van der Waals surface area contributed by atoms with Crippen molar-refractivity contribution >= 4 is 19.8 Å². The number of carbonyl (C=O) groups excluding carboxylic acids is 2. The van der Waals surface area contributed by atoms with Gasteiger partial charge in [0.25, 0.3) is 0 Å². The van der Waals surface area contributed by atoms with E-state index in [-0.39, 0.29) is 12.8 Å². The van der Waals surface area contributed by atoms with Gasteiger partial charge in [0.15, 0.2) is 6.10 Å². The lowest BCUT2D eigenvalue weighted by Gasteiger charge is -2.41. The number of hydrogen-bond acceptors (Lipinski definition) is 12. The second-order valence-electron chi connectivity index (χ2n) is 18.0. The highest BCUT2D eigenvalue weighted by atomic mass is 31.2. The van der Waals surface area contributed by atoms with Crippen molar-refractivity contribution in [2.45, 2.75) is 262 Å². The zero-order valence-corrected chi connectivity index (χ0v) is 41.4. The predicted octanol–water partition coefficient (Wildman–Crippen LogP) is 11.0. The maximum atomic E-state index is 12.8. The van der Waals surface area contributed by atoms with Crippen LogP contribution in [0.5, 0.6) is 0 Å². The molecule has 1 aliphatic carbocycles. The molecular weight excluding hydrogens is 852 g/mol. The van der Waals surface area contributed by atoms with Crippen molar-refractivity contribution in [1.82, 2.24) is 0 Å². The summed E-state index contributed by atoms with van der Waals surface area (Å²) in [4.78, 5) is 35.8. The minimum absolute atomic E-state index is 0.0908. The number of unbranched alkanes of at least 4 members (excludes halogenated alkanes) is 25. The maximum Gasteiger partial charge on any atom is 0.472 e. The molecule has 0 heterocycles. The number of aliphatic hydroxyl groups excluding tert-OH is 5. The summed E-state index contributed by atoms with van der Waals surface area (Å²) in [7, 11) is -5.12. The highest BCUT2D eigenvalue weighted by Gasteiger charge is 2.51. The molecule has 0 aromatic rings. The van der Waals surface area contributed by atoms with Gasteiger partial charge in [-0.25, -0.2) is 4.57 Å². The molecular formula is C51H93O13P. The van der Waals surface area contributed by atoms with E-state index in [1.807, 2.05) is 0 Å². The number of ether oxygens (including phenoxy) is 2. The first-order chi connectivity index (χ1) is 31.4. The van der Waals surface area contributed by atoms with Crippen LogP contribution in [0.1, 0.15) is 219 Å². The minimum atomic E-state index is -5.12. The molecule has 0 radical (unpaired) electrons. The van der Waals surface area contributed by atoms with Crippen LogP contribution in [0.25, 0.3) is 0 Å². The van der Waals surface area contributed by atoms with Gasteiger partial charge in [-0.05, 0) is 70.6 Å². The van der Waals surface area contributed by atoms with Gasteiger partial charge in [-0.3, -0.25) is 18.6 Å². The first-order valence-electron chi connectivity index (χ1n) is 25.8. The standard InChI is InChI=1S/C51H93O13P/c1-3-5-7-9-11-13-15-17-19-21-22-24-26-28-30-32-34-36-38-40-45(53)63-43(42-62-65(59,60)64-51-49(57)47(55)46(54)48(56)50(51)58)41-61-44(52)39-37-35-33-31-29-27-25-23-20-18-16-14-12-10-8-6-4-2/h12,14,18,20-22,43,46-51,54-58H,3-11,13,15-17,19,23-42H2,1-2H3,(H,59,60)/b14-12-,20-18-,22-21-/t43-,46?,47-,48?,49?,50?,51?/m1/s1. The largest absolute Gasteiger partial charge is 0.472 e. The van der Waals surface area contributed by atoms with Crippen LogP contribution in [0.15, 0.2) is 36.5 Å². The van der Waals surface area contributed by atoms with Crippen molar-refractivity contribution in [1.29, 1.82) is 0 Å². The molecule has 6 N–H and O–H groups in total. The lowest BCUT2D eigenvalue weighted by atomic mass is 9.85. The molecule has 0 aliphatic heterocycles. The highest BCUT2D eigenvalue weighted by molar-refractivity contribution is 7.47. The molecule has 65 heavy (non-hydrogen) atoms. The molecule has 380 valence electrons. The number of phosphoric acid groups is 1. The van der Waals surface area contributed by atoms with E-state index in [0.717, 1.165) is 77.0 Å². The third kappa shape index (κ3) is 33.3. The molecule has 0 aromatic carbocycles. The zero-order chi connectivity index (χ0) is 47.8. The van der Waals surface area contributed by atoms with E-state index in [1.54, 1.807) is 0 Å². The number of carbonyl (C=O) groups is 2. The van der Waals surface area contributed by atoms with E-state index < -0.39 is 75.7 Å². The lowest BCUT2D eigenvalue weighted by molar-refractivity contribution is -0.220. The van der Waals surface area contributed by atoms with Crippen LogP contribution in [-0.2, 0) is 32.7 Å². The van der Waals surface area contributed by atoms with E-state index in [1.165, 1.54) is 103 Å². The molecule has 1 saturated carbocycles. The fourth-order valence-corrected chi connectivity index (χ4v) is 8.76. The van der Waals surface area contributed by atoms with Crippen LogP contribution < -0.4 is 0 Å². The van der Waals surface area contributed by atoms with E-state index in [9.17, 15) is 44.6 Å². The second-order valence-corrected chi connectivity index (χ2v) is 19.4. The van der Waals surface area contributed by atoms with Gasteiger partial charge in [-0.15, -0.1) is 0 Å². The predicted molar refractivity (Wildman–Crippen MR) is 258 cm³/mol. The molecule has 14 heteroatoms. The highest BCUT2D eigenvalue weighted by Crippen LogP contribution is 2.47. The van der Waals surface area contributed by atoms with Gasteiger partial charge in [0, 0.05) is 12.8 Å². The van der Waals surface area contributed by atoms with Gasteiger partial charge in [0.1, 0.15) is 43.2 Å². The topological polar surface area (TPSA) is 210 Å². The van der Waals surface area contributed by atoms with Gasteiger partial charge >= 0.3 is 19.8 Å². The van der Waals surface area contributed by atoms with Crippen molar-refractivity contribution < 1.29 is 63.1 Å². The molecule has 6 unspecified atom stereocenters. The number of esters is 2. The minimum Gasteiger partial charge on any atom is -0.462 e. The molecule has 0 aromatic heterocycles. The van der Waals surface area contributed by atoms with Gasteiger partial charge in [-0.1, -0.05) is 172 Å². The Morgan fingerprint density at radius 2 is 0.831 bits per heavy atom. The Morgan fingerprint density at radius 1 is 0.477 bits per heavy atom. The molecule has 0 spiro atoms. The Balaban J connectivity index is 2.41. The van der Waals surface area contributed by atoms with Crippen molar-refractivity contribution in [2.24, 2.45) is 0 Å². The van der Waals surface area contributed by atoms with Crippen LogP contribution in [0.2, 0.25) is 0 Å². The normalized spacial score (nSPS) is 21.7. The Morgan fingerprint density at radius 3 is 1.29 bits per heavy atom. The number of aliphatic hydroxyl groups is 5. The van der Waals surface area contributed by atoms with E-state index in [2.05, 4.69) is 50.3 Å². The third-order valence-corrected chi connectivity index (χ3v) is 12.9. The molecule has 1 aliphatic rings. The quantitative estimate of drug-likeness (QED) is 0.0146. The van der Waals surface area contributed by atoms with Crippen molar-refractivity contribution in [3.8, 4) is 0 Å². The van der Waals surface area contributed by atoms with Crippen molar-refractivity contribution in [3.63, 3.8) is 0 Å². The first kappa shape index (κ1) is 61.1. The van der Waals surface area contributed by atoms with Crippen LogP contribution in [0, 0.1) is 0 Å². The Kier molecular flexibility index (Phi) is 38.6. The summed E-state index contributed by atoms with van der Waals surface area (Å²) in [6.07, 6.45) is 34.7. The van der Waals surface area contributed by atoms with E-state index in [0.29, 0.717) is 12.8 Å². The fourth-order valence-electron chi connectivity index (χ4n) is 7.78. The Labute approximate surface area is 393 Å². The molecule has 0 amide bonds. The van der Waals surface area contributed by atoms with Gasteiger partial charge in [0.05, 0.1) is 6.61 Å². The molecule has 1 rings (SSSR count). The molecule has 13 nitrogen and oxygen atoms in total. The number of allylic oxidation sites excluding steroid dienone is 6. The smallest absolute Gasteiger partial charge is 0.462 e. The van der Waals surface area contributed by atoms with Crippen LogP contribution >= 0.6 is 7.82 Å². The van der Waals surface area contributed by atoms with E-state index in [4.69, 9.17) is 18.5 Å². The number of hydrogen-bond donors (Lipinski definition) is 6. The second kappa shape index (κ2) is 41.1. The van der Waals surface area contributed by atoms with Crippen LogP contribution in [-0.4, -0.2) is 98.3 Å². The summed E-state index contributed by atoms with van der Waals surface area (Å²) in [6.45, 7) is 3.29. The van der Waals surface area contributed by atoms with E-state index >= 15 is 0 Å². The van der Waals surface area contributed by atoms with Gasteiger partial charge in [-0.2, -0.15) is 0 Å². The zero-order valence-electron chi connectivity index (χ0n) is 40.5. The average Bonchev–Trinajstić information content (AvgIpc) is 3.29. The summed E-state index contributed by atoms with van der Waals surface area (Å²) >= 11 is 0. The Hall–Kier alpha value is -1.93. The number of rotatable bonds is 43.